The van der Waals surface area contributed by atoms with Gasteiger partial charge in [-0.2, -0.15) is 15.3 Å². The Morgan fingerprint density at radius 1 is 0.316 bits per heavy atom. The molecular formula is C60H45N13O3. The molecule has 0 bridgehead atoms. The van der Waals surface area contributed by atoms with Crippen LogP contribution in [0, 0.1) is 0 Å². The summed E-state index contributed by atoms with van der Waals surface area (Å²) in [6.45, 7) is 3.26. The fraction of sp³-hybridized carbons (Fsp3) is 0.100. The molecule has 6 heterocycles. The first-order valence-corrected chi connectivity index (χ1v) is 24.7. The number of fused-ring (bicyclic) bond motifs is 9. The largest absolute Gasteiger partial charge is 0.492 e. The number of hydrogen-bond acceptors (Lipinski definition) is 16. The second kappa shape index (κ2) is 22.0. The topological polar surface area (TPSA) is 182 Å². The van der Waals surface area contributed by atoms with Crippen LogP contribution in [0.15, 0.2) is 213 Å². The van der Waals surface area contributed by atoms with E-state index < -0.39 is 0 Å². The molecule has 0 amide bonds. The third kappa shape index (κ3) is 10.2. The minimum absolute atomic E-state index is 0.451. The summed E-state index contributed by atoms with van der Waals surface area (Å²) in [5, 5.41) is 27.0. The second-order valence-electron chi connectivity index (χ2n) is 17.6. The van der Waals surface area contributed by atoms with Crippen LogP contribution in [0.2, 0.25) is 0 Å². The minimum Gasteiger partial charge on any atom is -0.492 e. The first-order valence-electron chi connectivity index (χ1n) is 24.7. The molecule has 6 aromatic heterocycles. The average Bonchev–Trinajstić information content (AvgIpc) is 4.11. The van der Waals surface area contributed by atoms with Gasteiger partial charge in [0.05, 0.1) is 52.8 Å². The van der Waals surface area contributed by atoms with E-state index >= 15 is 0 Å². The second-order valence-corrected chi connectivity index (χ2v) is 17.6. The van der Waals surface area contributed by atoms with Crippen molar-refractivity contribution in [2.45, 2.75) is 0 Å². The number of ether oxygens (including phenoxy) is 3. The van der Waals surface area contributed by atoms with Gasteiger partial charge in [-0.25, -0.2) is 0 Å². The van der Waals surface area contributed by atoms with Crippen molar-refractivity contribution < 1.29 is 14.2 Å². The van der Waals surface area contributed by atoms with Crippen LogP contribution in [0.1, 0.15) is 50.1 Å². The first-order chi connectivity index (χ1) is 37.7. The predicted octanol–water partition coefficient (Wildman–Crippen LogP) is 9.45. The summed E-state index contributed by atoms with van der Waals surface area (Å²) in [6, 6.07) is 46.7. The number of benzene rings is 3. The van der Waals surface area contributed by atoms with Gasteiger partial charge in [0.2, 0.25) is 0 Å². The summed E-state index contributed by atoms with van der Waals surface area (Å²) in [5.74, 6) is 2.24. The SMILES string of the molecule is C(=N\N=C1c2cccnc2-c2ncccc21)/c1ccc(OCCN(CCOc2ccc(/C=N/N=C3c4cccnc4-c4ncccc43)cc2)CCOc2ccc(/C=N/N=C3c4cccnc4-c4ncccc43)cc2)cc1. The van der Waals surface area contributed by atoms with Gasteiger partial charge in [0.25, 0.3) is 0 Å². The molecule has 0 spiro atoms. The van der Waals surface area contributed by atoms with Crippen molar-refractivity contribution in [2.24, 2.45) is 30.6 Å². The van der Waals surface area contributed by atoms with Gasteiger partial charge in [0.15, 0.2) is 0 Å². The highest BCUT2D eigenvalue weighted by Crippen LogP contribution is 2.36. The Hall–Kier alpha value is -10.1. The molecule has 0 aliphatic heterocycles. The third-order valence-corrected chi connectivity index (χ3v) is 12.8. The molecule has 3 aliphatic carbocycles. The molecule has 0 saturated heterocycles. The van der Waals surface area contributed by atoms with Crippen LogP contribution in [0.25, 0.3) is 34.2 Å². The van der Waals surface area contributed by atoms with Gasteiger partial charge in [-0.1, -0.05) is 0 Å². The summed E-state index contributed by atoms with van der Waals surface area (Å²) in [4.78, 5) is 29.4. The molecule has 0 radical (unpaired) electrons. The van der Waals surface area contributed by atoms with Gasteiger partial charge in [-0.15, -0.1) is 15.3 Å². The first kappa shape index (κ1) is 47.0. The number of nitrogens with zero attached hydrogens (tertiary/aromatic N) is 13. The van der Waals surface area contributed by atoms with Crippen molar-refractivity contribution in [3.63, 3.8) is 0 Å². The maximum Gasteiger partial charge on any atom is 0.119 e. The van der Waals surface area contributed by atoms with Crippen molar-refractivity contribution in [3.8, 4) is 51.4 Å². The molecule has 12 rings (SSSR count). The Morgan fingerprint density at radius 3 is 0.789 bits per heavy atom. The smallest absolute Gasteiger partial charge is 0.119 e. The fourth-order valence-corrected chi connectivity index (χ4v) is 9.09. The Morgan fingerprint density at radius 2 is 0.553 bits per heavy atom. The summed E-state index contributed by atoms with van der Waals surface area (Å²) in [5.41, 5.74) is 15.3. The maximum absolute atomic E-state index is 6.25. The van der Waals surface area contributed by atoms with Crippen molar-refractivity contribution in [3.05, 3.63) is 233 Å². The number of rotatable bonds is 18. The Balaban J connectivity index is 0.665. The van der Waals surface area contributed by atoms with Crippen LogP contribution in [0.5, 0.6) is 17.2 Å². The molecule has 0 N–H and O–H groups in total. The molecular weight excluding hydrogens is 951 g/mol. The monoisotopic (exact) mass is 995 g/mol. The summed E-state index contributed by atoms with van der Waals surface area (Å²) >= 11 is 0. The van der Waals surface area contributed by atoms with Gasteiger partial charge in [0, 0.05) is 90.2 Å². The van der Waals surface area contributed by atoms with Crippen molar-refractivity contribution in [1.29, 1.82) is 0 Å². The average molecular weight is 996 g/mol. The molecule has 0 saturated carbocycles. The Kier molecular flexibility index (Phi) is 13.6. The van der Waals surface area contributed by atoms with Crippen molar-refractivity contribution in [2.75, 3.05) is 39.5 Å². The van der Waals surface area contributed by atoms with E-state index in [1.54, 1.807) is 55.8 Å². The number of pyridine rings is 6. The Bertz CT molecular complexity index is 3230. The van der Waals surface area contributed by atoms with E-state index in [-0.39, 0.29) is 0 Å². The molecule has 368 valence electrons. The molecule has 0 unspecified atom stereocenters. The van der Waals surface area contributed by atoms with E-state index in [2.05, 4.69) is 65.4 Å². The van der Waals surface area contributed by atoms with E-state index in [1.807, 2.05) is 146 Å². The molecule has 3 aliphatic rings. The van der Waals surface area contributed by atoms with Crippen molar-refractivity contribution >= 4 is 35.8 Å². The lowest BCUT2D eigenvalue weighted by molar-refractivity contribution is 0.153. The molecule has 0 fully saturated rings. The van der Waals surface area contributed by atoms with Crippen LogP contribution in [0.3, 0.4) is 0 Å². The van der Waals surface area contributed by atoms with Crippen LogP contribution in [-0.2, 0) is 0 Å². The Labute approximate surface area is 437 Å². The normalized spacial score (nSPS) is 12.7. The van der Waals surface area contributed by atoms with Gasteiger partial charge in [0.1, 0.15) is 54.2 Å². The predicted molar refractivity (Wildman–Crippen MR) is 294 cm³/mol. The molecule has 76 heavy (non-hydrogen) atoms. The summed E-state index contributed by atoms with van der Waals surface area (Å²) in [7, 11) is 0. The molecule has 0 atom stereocenters. The zero-order chi connectivity index (χ0) is 50.9. The van der Waals surface area contributed by atoms with E-state index in [0.717, 1.165) is 119 Å². The lowest BCUT2D eigenvalue weighted by atomic mass is 10.1. The minimum atomic E-state index is 0.451. The molecule has 16 nitrogen and oxygen atoms in total. The van der Waals surface area contributed by atoms with Crippen molar-refractivity contribution in [1.82, 2.24) is 34.8 Å². The zero-order valence-electron chi connectivity index (χ0n) is 40.8. The summed E-state index contributed by atoms with van der Waals surface area (Å²) in [6.07, 6.45) is 15.8. The highest BCUT2D eigenvalue weighted by Gasteiger charge is 2.29. The van der Waals surface area contributed by atoms with Crippen LogP contribution < -0.4 is 14.2 Å². The maximum atomic E-state index is 6.25. The van der Waals surface area contributed by atoms with Crippen LogP contribution in [-0.4, -0.2) is 110 Å². The van der Waals surface area contributed by atoms with E-state index in [1.165, 1.54) is 0 Å². The molecule has 9 aromatic rings. The third-order valence-electron chi connectivity index (χ3n) is 12.8. The highest BCUT2D eigenvalue weighted by molar-refractivity contribution is 6.24. The lowest BCUT2D eigenvalue weighted by Crippen LogP contribution is -2.35. The number of aromatic nitrogens is 6. The van der Waals surface area contributed by atoms with Crippen LogP contribution >= 0.6 is 0 Å². The van der Waals surface area contributed by atoms with Gasteiger partial charge in [-0.3, -0.25) is 34.8 Å². The standard InChI is InChI=1S/C60H45N13O3/c1-7-46-52(47-8-2-26-62-56(47)55(46)61-25-1)70-67-37-40-13-19-43(20-14-40)74-34-31-73(32-35-75-44-21-15-41(16-22-44)38-68-71-53-48-9-3-27-63-57(48)58-49(53)10-4-28-64-58)33-36-76-45-23-17-42(18-24-45)39-69-72-54-50-11-5-29-65-59(50)60-51(54)12-6-30-66-60/h1-30,37-39H,31-36H2/b67-37+,68-38+,69-39+. The van der Waals surface area contributed by atoms with Gasteiger partial charge < -0.3 is 14.2 Å². The summed E-state index contributed by atoms with van der Waals surface area (Å²) < 4.78 is 18.7. The molecule has 3 aromatic carbocycles. The lowest BCUT2D eigenvalue weighted by Gasteiger charge is -2.22. The molecule has 16 heteroatoms. The van der Waals surface area contributed by atoms with E-state index in [4.69, 9.17) is 14.2 Å². The fourth-order valence-electron chi connectivity index (χ4n) is 9.09. The zero-order valence-corrected chi connectivity index (χ0v) is 40.8. The van der Waals surface area contributed by atoms with E-state index in [9.17, 15) is 0 Å². The quantitative estimate of drug-likeness (QED) is 0.0593. The van der Waals surface area contributed by atoms with Gasteiger partial charge in [-0.05, 0) is 162 Å². The number of hydrogen-bond donors (Lipinski definition) is 0. The van der Waals surface area contributed by atoms with E-state index in [0.29, 0.717) is 39.5 Å². The van der Waals surface area contributed by atoms with Crippen LogP contribution in [0.4, 0.5) is 0 Å². The highest BCUT2D eigenvalue weighted by atomic mass is 16.5. The van der Waals surface area contributed by atoms with Gasteiger partial charge >= 0.3 is 0 Å².